The number of aromatic nitrogens is 3. The second-order valence-electron chi connectivity index (χ2n) is 3.95. The highest BCUT2D eigenvalue weighted by molar-refractivity contribution is 5.90. The monoisotopic (exact) mass is 279 g/mol. The number of carbonyl (C=O) groups excluding carboxylic acids is 1. The first-order valence-electron chi connectivity index (χ1n) is 6.04. The first-order valence-corrected chi connectivity index (χ1v) is 6.04. The van der Waals surface area contributed by atoms with Crippen molar-refractivity contribution in [2.75, 3.05) is 6.61 Å². The summed E-state index contributed by atoms with van der Waals surface area (Å²) < 4.78 is 24.6. The summed E-state index contributed by atoms with van der Waals surface area (Å²) >= 11 is 0. The molecule has 0 radical (unpaired) electrons. The predicted octanol–water partition coefficient (Wildman–Crippen LogP) is 1.71. The lowest BCUT2D eigenvalue weighted by Crippen LogP contribution is -2.11. The van der Waals surface area contributed by atoms with E-state index in [4.69, 9.17) is 9.47 Å². The van der Waals surface area contributed by atoms with Gasteiger partial charge in [0.15, 0.2) is 0 Å². The van der Waals surface area contributed by atoms with Crippen LogP contribution in [-0.2, 0) is 18.4 Å². The molecule has 20 heavy (non-hydrogen) atoms. The number of ether oxygens (including phenoxy) is 2. The van der Waals surface area contributed by atoms with Crippen LogP contribution in [0.3, 0.4) is 0 Å². The molecule has 7 heteroatoms. The minimum absolute atomic E-state index is 0.0866. The van der Waals surface area contributed by atoms with Gasteiger partial charge in [0, 0.05) is 13.1 Å². The molecule has 0 bridgehead atoms. The van der Waals surface area contributed by atoms with Crippen LogP contribution in [0.1, 0.15) is 23.0 Å². The summed E-state index contributed by atoms with van der Waals surface area (Å²) in [7, 11) is 1.69. The second-order valence-corrected chi connectivity index (χ2v) is 3.95. The zero-order chi connectivity index (χ0) is 14.5. The van der Waals surface area contributed by atoms with E-state index in [1.807, 2.05) is 0 Å². The van der Waals surface area contributed by atoms with Gasteiger partial charge >= 0.3 is 5.97 Å². The smallest absolute Gasteiger partial charge is 0.341 e. The van der Waals surface area contributed by atoms with Crippen LogP contribution >= 0.6 is 0 Å². The normalized spacial score (nSPS) is 10.3. The molecule has 0 N–H and O–H groups in total. The topological polar surface area (TPSA) is 66.2 Å². The first kappa shape index (κ1) is 14.0. The zero-order valence-corrected chi connectivity index (χ0v) is 11.2. The fraction of sp³-hybridized carbons (Fsp3) is 0.308. The quantitative estimate of drug-likeness (QED) is 0.779. The molecule has 2 aromatic heterocycles. The summed E-state index contributed by atoms with van der Waals surface area (Å²) in [5, 5.41) is 4.00. The van der Waals surface area contributed by atoms with Crippen LogP contribution in [0.2, 0.25) is 0 Å². The Kier molecular flexibility index (Phi) is 4.29. The van der Waals surface area contributed by atoms with E-state index in [9.17, 15) is 9.18 Å². The van der Waals surface area contributed by atoms with Crippen molar-refractivity contribution in [1.29, 1.82) is 0 Å². The maximum atomic E-state index is 12.7. The number of esters is 1. The Balaban J connectivity index is 2.11. The van der Waals surface area contributed by atoms with Gasteiger partial charge in [0.2, 0.25) is 5.88 Å². The molecular weight excluding hydrogens is 265 g/mol. The van der Waals surface area contributed by atoms with E-state index < -0.39 is 11.8 Å². The number of hydrogen-bond donors (Lipinski definition) is 0. The van der Waals surface area contributed by atoms with Gasteiger partial charge in [-0.15, -0.1) is 0 Å². The van der Waals surface area contributed by atoms with Crippen LogP contribution in [0.25, 0.3) is 0 Å². The fourth-order valence-corrected chi connectivity index (χ4v) is 1.60. The molecule has 0 spiro atoms. The van der Waals surface area contributed by atoms with E-state index >= 15 is 0 Å². The molecule has 6 nitrogen and oxygen atoms in total. The van der Waals surface area contributed by atoms with Gasteiger partial charge in [0.1, 0.15) is 18.0 Å². The van der Waals surface area contributed by atoms with Crippen molar-refractivity contribution in [1.82, 2.24) is 14.8 Å². The lowest BCUT2D eigenvalue weighted by molar-refractivity contribution is 0.0523. The highest BCUT2D eigenvalue weighted by Gasteiger charge is 2.17. The molecule has 0 fully saturated rings. The van der Waals surface area contributed by atoms with E-state index in [0.29, 0.717) is 11.3 Å². The molecule has 0 aliphatic rings. The fourth-order valence-electron chi connectivity index (χ4n) is 1.60. The largest absolute Gasteiger partial charge is 0.471 e. The molecule has 0 aliphatic heterocycles. The molecule has 0 atom stereocenters. The minimum Gasteiger partial charge on any atom is -0.471 e. The second kappa shape index (κ2) is 6.14. The van der Waals surface area contributed by atoms with Crippen molar-refractivity contribution in [2.45, 2.75) is 13.5 Å². The van der Waals surface area contributed by atoms with E-state index in [2.05, 4.69) is 10.1 Å². The molecule has 2 heterocycles. The minimum atomic E-state index is -0.453. The third-order valence-corrected chi connectivity index (χ3v) is 2.61. The van der Waals surface area contributed by atoms with Crippen LogP contribution in [-0.4, -0.2) is 27.3 Å². The average molecular weight is 279 g/mol. The summed E-state index contributed by atoms with van der Waals surface area (Å²) in [5.74, 6) is -0.626. The van der Waals surface area contributed by atoms with E-state index in [0.717, 1.165) is 6.20 Å². The van der Waals surface area contributed by atoms with Crippen LogP contribution in [0, 0.1) is 5.82 Å². The Bertz CT molecular complexity index is 595. The summed E-state index contributed by atoms with van der Waals surface area (Å²) in [4.78, 5) is 15.5. The number of nitrogens with zero attached hydrogens (tertiary/aromatic N) is 3. The Morgan fingerprint density at radius 3 is 2.85 bits per heavy atom. The van der Waals surface area contributed by atoms with Crippen molar-refractivity contribution in [2.24, 2.45) is 7.05 Å². The Morgan fingerprint density at radius 2 is 2.20 bits per heavy atom. The molecule has 0 saturated heterocycles. The van der Waals surface area contributed by atoms with Gasteiger partial charge in [-0.2, -0.15) is 5.10 Å². The number of carbonyl (C=O) groups is 1. The summed E-state index contributed by atoms with van der Waals surface area (Å²) in [5.41, 5.74) is 0.908. The number of hydrogen-bond acceptors (Lipinski definition) is 5. The molecular formula is C13H14FN3O3. The first-order chi connectivity index (χ1) is 9.61. The molecule has 0 amide bonds. The van der Waals surface area contributed by atoms with Crippen molar-refractivity contribution in [3.8, 4) is 5.88 Å². The molecule has 0 saturated carbocycles. The van der Waals surface area contributed by atoms with Gasteiger partial charge in [-0.05, 0) is 13.0 Å². The van der Waals surface area contributed by atoms with Crippen molar-refractivity contribution >= 4 is 5.97 Å². The van der Waals surface area contributed by atoms with Crippen molar-refractivity contribution < 1.29 is 18.7 Å². The molecule has 0 unspecified atom stereocenters. The molecule has 2 aromatic rings. The number of rotatable bonds is 5. The maximum Gasteiger partial charge on any atom is 0.341 e. The Hall–Kier alpha value is -2.44. The lowest BCUT2D eigenvalue weighted by atomic mass is 10.2. The number of aryl methyl sites for hydroxylation is 1. The van der Waals surface area contributed by atoms with E-state index in [1.165, 1.54) is 23.0 Å². The Morgan fingerprint density at radius 1 is 1.40 bits per heavy atom. The van der Waals surface area contributed by atoms with E-state index in [-0.39, 0.29) is 19.1 Å². The third kappa shape index (κ3) is 3.11. The average Bonchev–Trinajstić information content (AvgIpc) is 2.80. The van der Waals surface area contributed by atoms with E-state index in [1.54, 1.807) is 14.0 Å². The SMILES string of the molecule is CCOC(=O)c1cnn(C)c1COc1ccc(F)cn1. The van der Waals surface area contributed by atoms with Gasteiger partial charge in [-0.25, -0.2) is 14.2 Å². The van der Waals surface area contributed by atoms with Gasteiger partial charge in [0.25, 0.3) is 0 Å². The van der Waals surface area contributed by atoms with Gasteiger partial charge in [-0.3, -0.25) is 4.68 Å². The third-order valence-electron chi connectivity index (χ3n) is 2.61. The number of halogens is 1. The van der Waals surface area contributed by atoms with Crippen LogP contribution in [0.15, 0.2) is 24.5 Å². The maximum absolute atomic E-state index is 12.7. The van der Waals surface area contributed by atoms with Gasteiger partial charge in [0.05, 0.1) is 24.7 Å². The van der Waals surface area contributed by atoms with Crippen LogP contribution < -0.4 is 4.74 Å². The summed E-state index contributed by atoms with van der Waals surface area (Å²) in [6.45, 7) is 2.10. The van der Waals surface area contributed by atoms with Gasteiger partial charge < -0.3 is 9.47 Å². The molecule has 0 aromatic carbocycles. The predicted molar refractivity (Wildman–Crippen MR) is 67.7 cm³/mol. The van der Waals surface area contributed by atoms with Gasteiger partial charge in [-0.1, -0.05) is 0 Å². The summed E-state index contributed by atoms with van der Waals surface area (Å²) in [6, 6.07) is 2.66. The van der Waals surface area contributed by atoms with Crippen LogP contribution in [0.5, 0.6) is 5.88 Å². The Labute approximate surface area is 115 Å². The molecule has 0 aliphatic carbocycles. The highest BCUT2D eigenvalue weighted by Crippen LogP contribution is 2.13. The highest BCUT2D eigenvalue weighted by atomic mass is 19.1. The summed E-state index contributed by atoms with van der Waals surface area (Å²) in [6.07, 6.45) is 2.49. The van der Waals surface area contributed by atoms with Crippen LogP contribution in [0.4, 0.5) is 4.39 Å². The lowest BCUT2D eigenvalue weighted by Gasteiger charge is -2.07. The number of pyridine rings is 1. The zero-order valence-electron chi connectivity index (χ0n) is 11.2. The standard InChI is InChI=1S/C13H14FN3O3/c1-3-19-13(18)10-7-16-17(2)11(10)8-20-12-5-4-9(14)6-15-12/h4-7H,3,8H2,1-2H3. The van der Waals surface area contributed by atoms with Crippen molar-refractivity contribution in [3.63, 3.8) is 0 Å². The van der Waals surface area contributed by atoms with Crippen molar-refractivity contribution in [3.05, 3.63) is 41.6 Å². The molecule has 106 valence electrons. The molecule has 2 rings (SSSR count).